The molecule has 20 heavy (non-hydrogen) atoms. The lowest BCUT2D eigenvalue weighted by Crippen LogP contribution is -2.18. The third-order valence-electron chi connectivity index (χ3n) is 3.12. The second kappa shape index (κ2) is 5.21. The number of hydrogen-bond acceptors (Lipinski definition) is 3. The van der Waals surface area contributed by atoms with Gasteiger partial charge in [0, 0.05) is 29.9 Å². The van der Waals surface area contributed by atoms with Gasteiger partial charge in [-0.1, -0.05) is 0 Å². The number of pyridine rings is 1. The fraction of sp³-hybridized carbons (Fsp3) is 0.200. The minimum absolute atomic E-state index is 0.0603. The van der Waals surface area contributed by atoms with E-state index < -0.39 is 5.97 Å². The second-order valence-electron chi connectivity index (χ2n) is 4.55. The van der Waals surface area contributed by atoms with Gasteiger partial charge in [0.25, 0.3) is 5.56 Å². The number of rotatable bonds is 3. The smallest absolute Gasteiger partial charge is 0.335 e. The van der Waals surface area contributed by atoms with Crippen molar-refractivity contribution < 1.29 is 14.6 Å². The molecule has 2 aromatic rings. The van der Waals surface area contributed by atoms with Crippen LogP contribution in [0.1, 0.15) is 15.9 Å². The molecule has 1 heterocycles. The summed E-state index contributed by atoms with van der Waals surface area (Å²) in [6.07, 6.45) is 1.70. The maximum absolute atomic E-state index is 11.7. The fourth-order valence-corrected chi connectivity index (χ4v) is 2.09. The number of ether oxygens (including phenoxy) is 1. The van der Waals surface area contributed by atoms with E-state index in [9.17, 15) is 9.59 Å². The number of aryl methyl sites for hydroxylation is 2. The number of carboxylic acid groups (broad SMARTS) is 1. The number of benzene rings is 1. The van der Waals surface area contributed by atoms with Crippen LogP contribution in [0.4, 0.5) is 0 Å². The normalized spacial score (nSPS) is 10.3. The van der Waals surface area contributed by atoms with Crippen LogP contribution in [0.5, 0.6) is 5.75 Å². The Balaban J connectivity index is 2.63. The molecule has 0 saturated carbocycles. The van der Waals surface area contributed by atoms with E-state index >= 15 is 0 Å². The van der Waals surface area contributed by atoms with Gasteiger partial charge in [-0.3, -0.25) is 4.79 Å². The van der Waals surface area contributed by atoms with Crippen molar-refractivity contribution in [3.8, 4) is 16.9 Å². The monoisotopic (exact) mass is 273 g/mol. The van der Waals surface area contributed by atoms with Gasteiger partial charge in [-0.15, -0.1) is 0 Å². The van der Waals surface area contributed by atoms with E-state index in [0.717, 1.165) is 11.1 Å². The number of aromatic nitrogens is 1. The predicted octanol–water partition coefficient (Wildman–Crippen LogP) is 2.07. The Morgan fingerprint density at radius 2 is 2.00 bits per heavy atom. The number of carboxylic acids is 1. The van der Waals surface area contributed by atoms with Crippen LogP contribution in [0.2, 0.25) is 0 Å². The summed E-state index contributed by atoms with van der Waals surface area (Å²) in [5.41, 5.74) is 2.27. The molecule has 0 bridgehead atoms. The van der Waals surface area contributed by atoms with Gasteiger partial charge in [0.1, 0.15) is 5.75 Å². The molecular formula is C15H15NO4. The van der Waals surface area contributed by atoms with Crippen LogP contribution < -0.4 is 10.3 Å². The van der Waals surface area contributed by atoms with Crippen LogP contribution in [-0.2, 0) is 7.05 Å². The first-order valence-electron chi connectivity index (χ1n) is 6.03. The molecule has 5 heteroatoms. The van der Waals surface area contributed by atoms with Gasteiger partial charge < -0.3 is 14.4 Å². The standard InChI is InChI=1S/C15H15NO4/c1-9-6-11(8-16(2)14(9)17)12-5-4-10(15(18)19)7-13(12)20-3/h4-8H,1-3H3,(H,18,19). The molecule has 0 radical (unpaired) electrons. The molecule has 0 fully saturated rings. The summed E-state index contributed by atoms with van der Waals surface area (Å²) in [6.45, 7) is 1.74. The minimum atomic E-state index is -1.01. The molecule has 0 amide bonds. The average molecular weight is 273 g/mol. The van der Waals surface area contributed by atoms with Crippen molar-refractivity contribution >= 4 is 5.97 Å². The van der Waals surface area contributed by atoms with Gasteiger partial charge >= 0.3 is 5.97 Å². The van der Waals surface area contributed by atoms with E-state index in [2.05, 4.69) is 0 Å². The zero-order valence-corrected chi connectivity index (χ0v) is 11.5. The summed E-state index contributed by atoms with van der Waals surface area (Å²) in [4.78, 5) is 22.7. The molecule has 2 rings (SSSR count). The van der Waals surface area contributed by atoms with Crippen molar-refractivity contribution in [1.82, 2.24) is 4.57 Å². The maximum atomic E-state index is 11.7. The van der Waals surface area contributed by atoms with Gasteiger partial charge in [-0.2, -0.15) is 0 Å². The van der Waals surface area contributed by atoms with Crippen LogP contribution in [0.3, 0.4) is 0 Å². The Morgan fingerprint density at radius 1 is 1.30 bits per heavy atom. The lowest BCUT2D eigenvalue weighted by Gasteiger charge is -2.11. The van der Waals surface area contributed by atoms with Crippen molar-refractivity contribution in [2.75, 3.05) is 7.11 Å². The van der Waals surface area contributed by atoms with E-state index in [1.54, 1.807) is 32.3 Å². The van der Waals surface area contributed by atoms with Crippen molar-refractivity contribution in [2.24, 2.45) is 7.05 Å². The molecule has 0 aliphatic rings. The number of hydrogen-bond donors (Lipinski definition) is 1. The summed E-state index contributed by atoms with van der Waals surface area (Å²) in [5.74, 6) is -0.547. The van der Waals surface area contributed by atoms with Crippen LogP contribution in [0.25, 0.3) is 11.1 Å². The van der Waals surface area contributed by atoms with Crippen molar-refractivity contribution in [3.05, 3.63) is 51.9 Å². The number of nitrogens with zero attached hydrogens (tertiary/aromatic N) is 1. The lowest BCUT2D eigenvalue weighted by atomic mass is 10.0. The van der Waals surface area contributed by atoms with Crippen LogP contribution in [-0.4, -0.2) is 22.8 Å². The zero-order valence-electron chi connectivity index (χ0n) is 11.5. The van der Waals surface area contributed by atoms with Crippen molar-refractivity contribution in [1.29, 1.82) is 0 Å². The Hall–Kier alpha value is -2.56. The molecule has 0 spiro atoms. The van der Waals surface area contributed by atoms with Gasteiger partial charge in [0.05, 0.1) is 12.7 Å². The summed E-state index contributed by atoms with van der Waals surface area (Å²) < 4.78 is 6.75. The molecule has 0 atom stereocenters. The largest absolute Gasteiger partial charge is 0.496 e. The van der Waals surface area contributed by atoms with Crippen molar-refractivity contribution in [2.45, 2.75) is 6.92 Å². The highest BCUT2D eigenvalue weighted by molar-refractivity contribution is 5.89. The van der Waals surface area contributed by atoms with Gasteiger partial charge in [0.2, 0.25) is 0 Å². The molecule has 0 aliphatic carbocycles. The van der Waals surface area contributed by atoms with Crippen LogP contribution in [0.15, 0.2) is 35.3 Å². The van der Waals surface area contributed by atoms with E-state index in [1.165, 1.54) is 23.8 Å². The molecule has 5 nitrogen and oxygen atoms in total. The molecule has 1 aromatic carbocycles. The molecule has 1 N–H and O–H groups in total. The van der Waals surface area contributed by atoms with Crippen molar-refractivity contribution in [3.63, 3.8) is 0 Å². The summed E-state index contributed by atoms with van der Waals surface area (Å²) in [7, 11) is 3.16. The Bertz CT molecular complexity index is 705. The third-order valence-corrected chi connectivity index (χ3v) is 3.12. The summed E-state index contributed by atoms with van der Waals surface area (Å²) in [6, 6.07) is 6.43. The fourth-order valence-electron chi connectivity index (χ4n) is 2.09. The van der Waals surface area contributed by atoms with Gasteiger partial charge in [-0.05, 0) is 31.2 Å². The molecule has 0 saturated heterocycles. The third kappa shape index (κ3) is 2.42. The molecular weight excluding hydrogens is 258 g/mol. The van der Waals surface area contributed by atoms with Crippen LogP contribution in [0, 0.1) is 6.92 Å². The number of aromatic carboxylic acids is 1. The second-order valence-corrected chi connectivity index (χ2v) is 4.55. The summed E-state index contributed by atoms with van der Waals surface area (Å²) >= 11 is 0. The van der Waals surface area contributed by atoms with E-state index in [-0.39, 0.29) is 11.1 Å². The molecule has 0 unspecified atom stereocenters. The Labute approximate surface area is 116 Å². The maximum Gasteiger partial charge on any atom is 0.335 e. The molecule has 1 aromatic heterocycles. The highest BCUT2D eigenvalue weighted by Gasteiger charge is 2.12. The molecule has 104 valence electrons. The highest BCUT2D eigenvalue weighted by Crippen LogP contribution is 2.30. The van der Waals surface area contributed by atoms with E-state index in [1.807, 2.05) is 0 Å². The van der Waals surface area contributed by atoms with Gasteiger partial charge in [-0.25, -0.2) is 4.79 Å². The van der Waals surface area contributed by atoms with E-state index in [0.29, 0.717) is 11.3 Å². The topological polar surface area (TPSA) is 68.5 Å². The number of carbonyl (C=O) groups is 1. The van der Waals surface area contributed by atoms with Gasteiger partial charge in [0.15, 0.2) is 0 Å². The first kappa shape index (κ1) is 13.9. The molecule has 0 aliphatic heterocycles. The Kier molecular flexibility index (Phi) is 3.61. The quantitative estimate of drug-likeness (QED) is 0.929. The highest BCUT2D eigenvalue weighted by atomic mass is 16.5. The minimum Gasteiger partial charge on any atom is -0.496 e. The average Bonchev–Trinajstić information content (AvgIpc) is 2.43. The number of methoxy groups -OCH3 is 1. The zero-order chi connectivity index (χ0) is 14.9. The Morgan fingerprint density at radius 3 is 2.55 bits per heavy atom. The first-order valence-corrected chi connectivity index (χ1v) is 6.03. The van der Waals surface area contributed by atoms with E-state index in [4.69, 9.17) is 9.84 Å². The lowest BCUT2D eigenvalue weighted by molar-refractivity contribution is 0.0696. The summed E-state index contributed by atoms with van der Waals surface area (Å²) in [5, 5.41) is 8.99. The SMILES string of the molecule is COc1cc(C(=O)O)ccc1-c1cc(C)c(=O)n(C)c1. The van der Waals surface area contributed by atoms with Crippen LogP contribution >= 0.6 is 0 Å². The predicted molar refractivity (Wildman–Crippen MR) is 75.4 cm³/mol. The first-order chi connectivity index (χ1) is 9.43.